The molecule has 0 heterocycles. The molecule has 0 aliphatic rings. The second-order valence-corrected chi connectivity index (χ2v) is 5.42. The van der Waals surface area contributed by atoms with Crippen molar-refractivity contribution in [3.05, 3.63) is 66.7 Å². The zero-order chi connectivity index (χ0) is 17.2. The minimum absolute atomic E-state index is 0.476. The van der Waals surface area contributed by atoms with Crippen LogP contribution in [0.1, 0.15) is 12.5 Å². The van der Waals surface area contributed by atoms with Crippen LogP contribution in [0.25, 0.3) is 0 Å². The fraction of sp³-hybridized carbons (Fsp3) is 0.211. The van der Waals surface area contributed by atoms with Crippen LogP contribution < -0.4 is 20.1 Å². The second-order valence-electron chi connectivity index (χ2n) is 5.01. The van der Waals surface area contributed by atoms with E-state index in [9.17, 15) is 0 Å². The number of hydrogen-bond acceptors (Lipinski definition) is 3. The van der Waals surface area contributed by atoms with Gasteiger partial charge in [-0.3, -0.25) is 0 Å². The van der Waals surface area contributed by atoms with Gasteiger partial charge in [-0.15, -0.1) is 0 Å². The van der Waals surface area contributed by atoms with E-state index in [1.807, 2.05) is 55.5 Å². The Balaban J connectivity index is 1.83. The minimum Gasteiger partial charge on any atom is -0.494 e. The van der Waals surface area contributed by atoms with E-state index < -0.39 is 0 Å². The van der Waals surface area contributed by atoms with E-state index >= 15 is 0 Å². The fourth-order valence-corrected chi connectivity index (χ4v) is 2.24. The summed E-state index contributed by atoms with van der Waals surface area (Å²) in [4.78, 5) is 0. The predicted molar refractivity (Wildman–Crippen MR) is 103 cm³/mol. The van der Waals surface area contributed by atoms with Gasteiger partial charge in [0, 0.05) is 18.3 Å². The molecule has 0 aromatic heterocycles. The molecule has 0 saturated carbocycles. The van der Waals surface area contributed by atoms with Gasteiger partial charge in [0.05, 0.1) is 6.61 Å². The Bertz CT molecular complexity index is 671. The third-order valence-corrected chi connectivity index (χ3v) is 3.39. The maximum atomic E-state index is 5.50. The van der Waals surface area contributed by atoms with E-state index in [4.69, 9.17) is 21.7 Å². The lowest BCUT2D eigenvalue weighted by Gasteiger charge is -2.12. The van der Waals surface area contributed by atoms with E-state index in [-0.39, 0.29) is 0 Å². The first-order chi connectivity index (χ1) is 11.7. The second kappa shape index (κ2) is 9.57. The van der Waals surface area contributed by atoms with Crippen molar-refractivity contribution in [3.63, 3.8) is 0 Å². The number of rotatable bonds is 8. The lowest BCUT2D eigenvalue weighted by molar-refractivity contribution is 0.340. The molecular formula is C19H22N2O2S. The lowest BCUT2D eigenvalue weighted by Crippen LogP contribution is -2.27. The molecule has 0 atom stereocenters. The van der Waals surface area contributed by atoms with Gasteiger partial charge in [0.1, 0.15) is 18.1 Å². The number of benzene rings is 2. The van der Waals surface area contributed by atoms with Gasteiger partial charge < -0.3 is 20.1 Å². The SMILES string of the molecule is C=CCOc1cccc(NC(=S)NCc2ccc(OCC)cc2)c1. The maximum absolute atomic E-state index is 5.50. The molecule has 0 unspecified atom stereocenters. The number of anilines is 1. The summed E-state index contributed by atoms with van der Waals surface area (Å²) < 4.78 is 10.9. The van der Waals surface area contributed by atoms with Gasteiger partial charge in [-0.25, -0.2) is 0 Å². The molecule has 2 rings (SSSR count). The highest BCUT2D eigenvalue weighted by Crippen LogP contribution is 2.17. The smallest absolute Gasteiger partial charge is 0.171 e. The Labute approximate surface area is 148 Å². The summed E-state index contributed by atoms with van der Waals surface area (Å²) in [5.41, 5.74) is 2.01. The summed E-state index contributed by atoms with van der Waals surface area (Å²) >= 11 is 5.33. The maximum Gasteiger partial charge on any atom is 0.171 e. The van der Waals surface area contributed by atoms with Crippen LogP contribution in [0.3, 0.4) is 0 Å². The molecule has 126 valence electrons. The molecule has 2 N–H and O–H groups in total. The van der Waals surface area contributed by atoms with Crippen molar-refractivity contribution in [2.24, 2.45) is 0 Å². The molecule has 0 aliphatic carbocycles. The van der Waals surface area contributed by atoms with Gasteiger partial charge >= 0.3 is 0 Å². The molecular weight excluding hydrogens is 320 g/mol. The summed E-state index contributed by atoms with van der Waals surface area (Å²) in [6.07, 6.45) is 1.71. The first kappa shape index (κ1) is 17.8. The molecule has 5 heteroatoms. The fourth-order valence-electron chi connectivity index (χ4n) is 2.05. The van der Waals surface area contributed by atoms with Gasteiger partial charge in [0.25, 0.3) is 0 Å². The average molecular weight is 342 g/mol. The summed E-state index contributed by atoms with van der Waals surface area (Å²) in [6.45, 7) is 7.39. The van der Waals surface area contributed by atoms with Crippen LogP contribution >= 0.6 is 12.2 Å². The Morgan fingerprint density at radius 3 is 2.62 bits per heavy atom. The zero-order valence-corrected chi connectivity index (χ0v) is 14.6. The third kappa shape index (κ3) is 5.93. The highest BCUT2D eigenvalue weighted by Gasteiger charge is 2.01. The van der Waals surface area contributed by atoms with Crippen LogP contribution in [-0.2, 0) is 6.54 Å². The monoisotopic (exact) mass is 342 g/mol. The van der Waals surface area contributed by atoms with Crippen molar-refractivity contribution in [1.82, 2.24) is 5.32 Å². The normalized spacial score (nSPS) is 9.88. The van der Waals surface area contributed by atoms with Crippen LogP contribution in [-0.4, -0.2) is 18.3 Å². The van der Waals surface area contributed by atoms with Gasteiger partial charge in [-0.1, -0.05) is 30.9 Å². The Kier molecular flexibility index (Phi) is 7.11. The molecule has 0 bridgehead atoms. The first-order valence-electron chi connectivity index (χ1n) is 7.81. The Morgan fingerprint density at radius 2 is 1.92 bits per heavy atom. The van der Waals surface area contributed by atoms with Crippen molar-refractivity contribution < 1.29 is 9.47 Å². The van der Waals surface area contributed by atoms with Gasteiger partial charge in [0.15, 0.2) is 5.11 Å². The summed E-state index contributed by atoms with van der Waals surface area (Å²) in [5.74, 6) is 1.65. The van der Waals surface area contributed by atoms with Crippen LogP contribution in [0, 0.1) is 0 Å². The lowest BCUT2D eigenvalue weighted by atomic mass is 10.2. The van der Waals surface area contributed by atoms with Gasteiger partial charge in [0.2, 0.25) is 0 Å². The van der Waals surface area contributed by atoms with E-state index in [1.54, 1.807) is 6.08 Å². The number of ether oxygens (including phenoxy) is 2. The molecule has 0 fully saturated rings. The summed E-state index contributed by atoms with van der Waals surface area (Å²) in [6, 6.07) is 15.6. The highest BCUT2D eigenvalue weighted by atomic mass is 32.1. The first-order valence-corrected chi connectivity index (χ1v) is 8.22. The van der Waals surface area contributed by atoms with E-state index in [2.05, 4.69) is 17.2 Å². The zero-order valence-electron chi connectivity index (χ0n) is 13.7. The van der Waals surface area contributed by atoms with Crippen LogP contribution in [0.5, 0.6) is 11.5 Å². The molecule has 0 saturated heterocycles. The standard InChI is InChI=1S/C19H22N2O2S/c1-3-12-23-18-7-5-6-16(13-18)21-19(24)20-14-15-8-10-17(11-9-15)22-4-2/h3,5-11,13H,1,4,12,14H2,2H3,(H2,20,21,24). The molecule has 2 aromatic carbocycles. The summed E-state index contributed by atoms with van der Waals surface area (Å²) in [7, 11) is 0. The molecule has 4 nitrogen and oxygen atoms in total. The van der Waals surface area contributed by atoms with Crippen LogP contribution in [0.15, 0.2) is 61.2 Å². The number of thiocarbonyl (C=S) groups is 1. The summed E-state index contributed by atoms with van der Waals surface area (Å²) in [5, 5.41) is 6.89. The Morgan fingerprint density at radius 1 is 1.12 bits per heavy atom. The quantitative estimate of drug-likeness (QED) is 0.557. The Hall–Kier alpha value is -2.53. The van der Waals surface area contributed by atoms with E-state index in [0.29, 0.717) is 24.9 Å². The van der Waals surface area contributed by atoms with E-state index in [1.165, 1.54) is 0 Å². The molecule has 0 radical (unpaired) electrons. The van der Waals surface area contributed by atoms with Crippen molar-refractivity contribution in [3.8, 4) is 11.5 Å². The topological polar surface area (TPSA) is 42.5 Å². The largest absolute Gasteiger partial charge is 0.494 e. The van der Waals surface area contributed by atoms with Crippen LogP contribution in [0.4, 0.5) is 5.69 Å². The van der Waals surface area contributed by atoms with Gasteiger partial charge in [-0.2, -0.15) is 0 Å². The van der Waals surface area contributed by atoms with Gasteiger partial charge in [-0.05, 0) is 49.0 Å². The predicted octanol–water partition coefficient (Wildman–Crippen LogP) is 4.14. The molecule has 24 heavy (non-hydrogen) atoms. The average Bonchev–Trinajstić information content (AvgIpc) is 2.60. The molecule has 0 spiro atoms. The molecule has 2 aromatic rings. The highest BCUT2D eigenvalue weighted by molar-refractivity contribution is 7.80. The van der Waals surface area contributed by atoms with Crippen molar-refractivity contribution in [2.75, 3.05) is 18.5 Å². The van der Waals surface area contributed by atoms with Crippen molar-refractivity contribution in [1.29, 1.82) is 0 Å². The van der Waals surface area contributed by atoms with Crippen LogP contribution in [0.2, 0.25) is 0 Å². The number of hydrogen-bond donors (Lipinski definition) is 2. The minimum atomic E-state index is 0.476. The van der Waals surface area contributed by atoms with Crippen molar-refractivity contribution >= 4 is 23.0 Å². The third-order valence-electron chi connectivity index (χ3n) is 3.15. The number of nitrogens with one attached hydrogen (secondary N) is 2. The van der Waals surface area contributed by atoms with Crippen molar-refractivity contribution in [2.45, 2.75) is 13.5 Å². The molecule has 0 aliphatic heterocycles. The van der Waals surface area contributed by atoms with E-state index in [0.717, 1.165) is 22.7 Å². The molecule has 0 amide bonds.